The quantitative estimate of drug-likeness (QED) is 0.449. The largest absolute Gasteiger partial charge is 0.507 e. The molecule has 0 aliphatic carbocycles. The highest BCUT2D eigenvalue weighted by atomic mass is 35.5. The van der Waals surface area contributed by atoms with Gasteiger partial charge in [-0.25, -0.2) is 5.43 Å². The summed E-state index contributed by atoms with van der Waals surface area (Å²) in [4.78, 5) is 4.86. The van der Waals surface area contributed by atoms with Gasteiger partial charge in [0.1, 0.15) is 18.1 Å². The minimum Gasteiger partial charge on any atom is -0.507 e. The average molecular weight is 493 g/mol. The highest BCUT2D eigenvalue weighted by molar-refractivity contribution is 6.30. The van der Waals surface area contributed by atoms with Crippen LogP contribution in [0, 0.1) is 0 Å². The smallest absolute Gasteiger partial charge is 0.124 e. The van der Waals surface area contributed by atoms with E-state index in [-0.39, 0.29) is 23.8 Å². The molecule has 2 aliphatic rings. The molecule has 2 fully saturated rings. The van der Waals surface area contributed by atoms with Crippen LogP contribution >= 0.6 is 11.6 Å². The van der Waals surface area contributed by atoms with E-state index in [1.54, 1.807) is 6.07 Å². The molecule has 184 valence electrons. The normalized spacial score (nSPS) is 22.9. The number of anilines is 1. The van der Waals surface area contributed by atoms with E-state index in [9.17, 15) is 5.11 Å². The Morgan fingerprint density at radius 2 is 1.69 bits per heavy atom. The number of nitrogens with one attached hydrogen (secondary N) is 2. The summed E-state index contributed by atoms with van der Waals surface area (Å²) in [6.07, 6.45) is 0. The fourth-order valence-electron chi connectivity index (χ4n) is 5.16. The predicted molar refractivity (Wildman–Crippen MR) is 141 cm³/mol. The van der Waals surface area contributed by atoms with Crippen molar-refractivity contribution in [2.24, 2.45) is 0 Å². The number of aromatic hydroxyl groups is 1. The molecule has 2 heterocycles. The maximum absolute atomic E-state index is 10.8. The summed E-state index contributed by atoms with van der Waals surface area (Å²) < 4.78 is 6.00. The van der Waals surface area contributed by atoms with Crippen LogP contribution in [0.25, 0.3) is 0 Å². The van der Waals surface area contributed by atoms with Gasteiger partial charge in [-0.2, -0.15) is 0 Å². The Balaban J connectivity index is 1.15. The molecular formula is C28H33ClN4O2. The number of nitrogens with zero attached hydrogens (tertiary/aromatic N) is 2. The molecule has 3 unspecified atom stereocenters. The van der Waals surface area contributed by atoms with Crippen LogP contribution in [-0.4, -0.2) is 55.4 Å². The van der Waals surface area contributed by atoms with Crippen molar-refractivity contribution in [3.63, 3.8) is 0 Å². The molecule has 3 aromatic rings. The summed E-state index contributed by atoms with van der Waals surface area (Å²) >= 11 is 6.08. The Kier molecular flexibility index (Phi) is 7.44. The number of phenolic OH excluding ortho intramolecular Hbond substituents is 1. The lowest BCUT2D eigenvalue weighted by Crippen LogP contribution is -2.47. The fourth-order valence-corrected chi connectivity index (χ4v) is 5.29. The second-order valence-electron chi connectivity index (χ2n) is 9.37. The van der Waals surface area contributed by atoms with Crippen molar-refractivity contribution in [1.29, 1.82) is 0 Å². The van der Waals surface area contributed by atoms with E-state index in [1.807, 2.05) is 24.3 Å². The molecule has 0 bridgehead atoms. The minimum absolute atomic E-state index is 0.0545. The van der Waals surface area contributed by atoms with Gasteiger partial charge in [0.15, 0.2) is 0 Å². The van der Waals surface area contributed by atoms with Crippen LogP contribution in [-0.2, 0) is 0 Å². The topological polar surface area (TPSA) is 60.0 Å². The monoisotopic (exact) mass is 492 g/mol. The van der Waals surface area contributed by atoms with Crippen molar-refractivity contribution < 1.29 is 9.84 Å². The van der Waals surface area contributed by atoms with Crippen LogP contribution in [0.4, 0.5) is 5.69 Å². The van der Waals surface area contributed by atoms with Crippen molar-refractivity contribution in [2.75, 3.05) is 44.2 Å². The van der Waals surface area contributed by atoms with Crippen LogP contribution in [0.5, 0.6) is 11.5 Å². The minimum atomic E-state index is -0.0545. The zero-order chi connectivity index (χ0) is 24.2. The Bertz CT molecular complexity index is 1100. The highest BCUT2D eigenvalue weighted by Crippen LogP contribution is 2.41. The second kappa shape index (κ2) is 10.9. The summed E-state index contributed by atoms with van der Waals surface area (Å²) in [5.74, 6) is 1.10. The average Bonchev–Trinajstić information content (AvgIpc) is 3.26. The van der Waals surface area contributed by atoms with Gasteiger partial charge in [0.2, 0.25) is 0 Å². The summed E-state index contributed by atoms with van der Waals surface area (Å²) in [7, 11) is 0. The number of para-hydroxylation sites is 1. The number of phenols is 1. The summed E-state index contributed by atoms with van der Waals surface area (Å²) in [6, 6.07) is 24.3. The molecule has 5 rings (SSSR count). The number of hydrogen-bond donors (Lipinski definition) is 3. The number of piperazine rings is 1. The van der Waals surface area contributed by atoms with Gasteiger partial charge in [-0.05, 0) is 42.8 Å². The van der Waals surface area contributed by atoms with E-state index in [0.717, 1.165) is 43.3 Å². The first kappa shape index (κ1) is 23.9. The van der Waals surface area contributed by atoms with Crippen molar-refractivity contribution in [3.8, 4) is 11.5 Å². The zero-order valence-electron chi connectivity index (χ0n) is 20.0. The highest BCUT2D eigenvalue weighted by Gasteiger charge is 2.36. The molecule has 7 heteroatoms. The molecule has 2 saturated heterocycles. The van der Waals surface area contributed by atoms with Gasteiger partial charge in [-0.15, -0.1) is 0 Å². The van der Waals surface area contributed by atoms with E-state index < -0.39 is 0 Å². The molecule has 0 spiro atoms. The predicted octanol–water partition coefficient (Wildman–Crippen LogP) is 4.57. The molecule has 3 aromatic carbocycles. The molecule has 6 nitrogen and oxygen atoms in total. The summed E-state index contributed by atoms with van der Waals surface area (Å²) in [5, 5.41) is 11.6. The molecule has 35 heavy (non-hydrogen) atoms. The van der Waals surface area contributed by atoms with Crippen molar-refractivity contribution in [3.05, 3.63) is 88.9 Å². The molecule has 3 N–H and O–H groups in total. The summed E-state index contributed by atoms with van der Waals surface area (Å²) in [6.45, 7) is 7.69. The van der Waals surface area contributed by atoms with Gasteiger partial charge >= 0.3 is 0 Å². The van der Waals surface area contributed by atoms with Crippen molar-refractivity contribution in [2.45, 2.75) is 24.9 Å². The van der Waals surface area contributed by atoms with Crippen LogP contribution < -0.4 is 20.5 Å². The van der Waals surface area contributed by atoms with E-state index in [2.05, 4.69) is 70.0 Å². The van der Waals surface area contributed by atoms with Gasteiger partial charge in [0.05, 0.1) is 6.04 Å². The van der Waals surface area contributed by atoms with Crippen LogP contribution in [0.1, 0.15) is 30.0 Å². The number of ether oxygens (including phenoxy) is 1. The molecule has 2 aliphatic heterocycles. The van der Waals surface area contributed by atoms with E-state index in [0.29, 0.717) is 12.4 Å². The maximum atomic E-state index is 10.8. The van der Waals surface area contributed by atoms with Crippen molar-refractivity contribution in [1.82, 2.24) is 15.8 Å². The third-order valence-corrected chi connectivity index (χ3v) is 7.38. The van der Waals surface area contributed by atoms with Gasteiger partial charge in [0, 0.05) is 67.0 Å². The Morgan fingerprint density at radius 1 is 0.943 bits per heavy atom. The number of halogens is 1. The first-order valence-corrected chi connectivity index (χ1v) is 12.7. The lowest BCUT2D eigenvalue weighted by Gasteiger charge is -2.36. The van der Waals surface area contributed by atoms with Gasteiger partial charge in [-0.3, -0.25) is 10.3 Å². The van der Waals surface area contributed by atoms with Crippen LogP contribution in [0.15, 0.2) is 72.8 Å². The van der Waals surface area contributed by atoms with E-state index in [4.69, 9.17) is 16.3 Å². The Morgan fingerprint density at radius 3 is 2.40 bits per heavy atom. The third kappa shape index (κ3) is 5.57. The molecule has 0 aromatic heterocycles. The van der Waals surface area contributed by atoms with Crippen molar-refractivity contribution >= 4 is 17.3 Å². The van der Waals surface area contributed by atoms with Gasteiger partial charge in [0.25, 0.3) is 0 Å². The number of rotatable bonds is 7. The van der Waals surface area contributed by atoms with Gasteiger partial charge < -0.3 is 14.7 Å². The third-order valence-electron chi connectivity index (χ3n) is 7.13. The summed E-state index contributed by atoms with van der Waals surface area (Å²) in [5.41, 5.74) is 10.00. The SMILES string of the molecule is CC1NNC(c2ccc(OCCN3CCN(c4ccccc4)CC3)cc2O)C1c1ccc(Cl)cc1. The zero-order valence-corrected chi connectivity index (χ0v) is 20.8. The lowest BCUT2D eigenvalue weighted by molar-refractivity contribution is 0.200. The van der Waals surface area contributed by atoms with Crippen LogP contribution in [0.3, 0.4) is 0 Å². The fraction of sp³-hybridized carbons (Fsp3) is 0.357. The molecule has 0 saturated carbocycles. The maximum Gasteiger partial charge on any atom is 0.124 e. The standard InChI is InChI=1S/C28H33ClN4O2/c1-20-27(21-7-9-22(29)10-8-21)28(31-30-20)25-12-11-24(19-26(25)34)35-18-17-32-13-15-33(16-14-32)23-5-3-2-4-6-23/h2-12,19-20,27-28,30-31,34H,13-18H2,1H3. The Labute approximate surface area is 212 Å². The number of hydrogen-bond acceptors (Lipinski definition) is 6. The number of benzene rings is 3. The second-order valence-corrected chi connectivity index (χ2v) is 9.80. The number of hydrazine groups is 1. The molecular weight excluding hydrogens is 460 g/mol. The van der Waals surface area contributed by atoms with E-state index >= 15 is 0 Å². The first-order valence-electron chi connectivity index (χ1n) is 12.3. The molecule has 0 radical (unpaired) electrons. The van der Waals surface area contributed by atoms with Gasteiger partial charge in [-0.1, -0.05) is 48.0 Å². The Hall–Kier alpha value is -2.77. The van der Waals surface area contributed by atoms with E-state index in [1.165, 1.54) is 11.3 Å². The molecule has 3 atom stereocenters. The molecule has 0 amide bonds. The first-order chi connectivity index (χ1) is 17.1. The van der Waals surface area contributed by atoms with Crippen LogP contribution in [0.2, 0.25) is 5.02 Å². The lowest BCUT2D eigenvalue weighted by atomic mass is 9.84.